The minimum Gasteiger partial charge on any atom is -0.363 e. The van der Waals surface area contributed by atoms with Crippen molar-refractivity contribution in [2.75, 3.05) is 23.4 Å². The Morgan fingerprint density at radius 1 is 1.59 bits per heavy atom. The van der Waals surface area contributed by atoms with Crippen molar-refractivity contribution in [3.8, 4) is 0 Å². The molecule has 0 aliphatic heterocycles. The lowest BCUT2D eigenvalue weighted by Crippen LogP contribution is -2.14. The molecule has 0 aliphatic rings. The number of aromatic nitrogens is 2. The van der Waals surface area contributed by atoms with Gasteiger partial charge in [-0.2, -0.15) is 0 Å². The number of halogens is 1. The van der Waals surface area contributed by atoms with E-state index in [1.165, 1.54) is 0 Å². The molecule has 1 heterocycles. The summed E-state index contributed by atoms with van der Waals surface area (Å²) >= 11 is 5.60. The lowest BCUT2D eigenvalue weighted by atomic mass is 10.5. The first-order valence-electron chi connectivity index (χ1n) is 4.80. The number of hydrogen-bond acceptors (Lipinski definition) is 6. The van der Waals surface area contributed by atoms with Crippen molar-refractivity contribution in [2.45, 2.75) is 6.92 Å². The highest BCUT2D eigenvalue weighted by Gasteiger charge is 2.20. The number of anilines is 1. The summed E-state index contributed by atoms with van der Waals surface area (Å²) in [7, 11) is -0.932. The van der Waals surface area contributed by atoms with Gasteiger partial charge >= 0.3 is 5.69 Å². The van der Waals surface area contributed by atoms with E-state index >= 15 is 0 Å². The third-order valence-corrected chi connectivity index (χ3v) is 3.48. The number of rotatable bonds is 6. The third-order valence-electron chi connectivity index (χ3n) is 1.90. The zero-order valence-electron chi connectivity index (χ0n) is 9.05. The summed E-state index contributed by atoms with van der Waals surface area (Å²) in [5.74, 6) is 0.993. The van der Waals surface area contributed by atoms with Crippen LogP contribution < -0.4 is 5.32 Å². The molecule has 1 unspecified atom stereocenters. The zero-order chi connectivity index (χ0) is 12.8. The van der Waals surface area contributed by atoms with Crippen LogP contribution in [0.25, 0.3) is 0 Å². The van der Waals surface area contributed by atoms with E-state index in [4.69, 9.17) is 11.6 Å². The standard InChI is InChI=1S/C8H11ClN4O3S/c1-2-17(16)4-3-10-8-6(13(14)15)7(9)11-5-12-8/h5H,2-4H2,1H3,(H,10,11,12). The molecular weight excluding hydrogens is 268 g/mol. The molecule has 9 heteroatoms. The van der Waals surface area contributed by atoms with Crippen LogP contribution in [0.2, 0.25) is 5.15 Å². The first kappa shape index (κ1) is 13.8. The van der Waals surface area contributed by atoms with Crippen LogP contribution in [-0.4, -0.2) is 37.2 Å². The highest BCUT2D eigenvalue weighted by atomic mass is 35.5. The molecule has 7 nitrogen and oxygen atoms in total. The van der Waals surface area contributed by atoms with Crippen LogP contribution in [0.5, 0.6) is 0 Å². The molecule has 0 aliphatic carbocycles. The van der Waals surface area contributed by atoms with E-state index in [9.17, 15) is 14.3 Å². The smallest absolute Gasteiger partial charge is 0.348 e. The molecule has 0 amide bonds. The van der Waals surface area contributed by atoms with Crippen molar-refractivity contribution in [3.05, 3.63) is 21.6 Å². The average molecular weight is 279 g/mol. The van der Waals surface area contributed by atoms with E-state index < -0.39 is 15.7 Å². The Bertz CT molecular complexity index is 443. The SMILES string of the molecule is CCS(=O)CCNc1ncnc(Cl)c1[N+](=O)[O-]. The average Bonchev–Trinajstić information content (AvgIpc) is 2.28. The van der Waals surface area contributed by atoms with Gasteiger partial charge in [-0.15, -0.1) is 0 Å². The summed E-state index contributed by atoms with van der Waals surface area (Å²) in [5, 5.41) is 13.2. The Balaban J connectivity index is 2.74. The van der Waals surface area contributed by atoms with E-state index in [2.05, 4.69) is 15.3 Å². The minimum absolute atomic E-state index is 0.0445. The van der Waals surface area contributed by atoms with E-state index in [-0.39, 0.29) is 16.7 Å². The summed E-state index contributed by atoms with van der Waals surface area (Å²) < 4.78 is 11.2. The Kier molecular flexibility index (Phi) is 5.23. The number of hydrogen-bond donors (Lipinski definition) is 1. The van der Waals surface area contributed by atoms with E-state index in [0.29, 0.717) is 18.1 Å². The van der Waals surface area contributed by atoms with Gasteiger partial charge < -0.3 is 5.32 Å². The second kappa shape index (κ2) is 6.45. The summed E-state index contributed by atoms with van der Waals surface area (Å²) in [6.45, 7) is 2.13. The van der Waals surface area contributed by atoms with E-state index in [1.807, 2.05) is 0 Å². The number of nitro groups is 1. The maximum absolute atomic E-state index is 11.2. The van der Waals surface area contributed by atoms with Gasteiger partial charge in [-0.05, 0) is 0 Å². The molecule has 0 saturated heterocycles. The zero-order valence-corrected chi connectivity index (χ0v) is 10.6. The highest BCUT2D eigenvalue weighted by Crippen LogP contribution is 2.27. The molecular formula is C8H11ClN4O3S. The molecule has 0 saturated carbocycles. The Hall–Kier alpha value is -1.28. The molecule has 17 heavy (non-hydrogen) atoms. The quantitative estimate of drug-likeness (QED) is 0.477. The van der Waals surface area contributed by atoms with Crippen LogP contribution in [0.1, 0.15) is 6.92 Å². The predicted octanol–water partition coefficient (Wildman–Crippen LogP) is 1.22. The normalized spacial score (nSPS) is 12.1. The van der Waals surface area contributed by atoms with Crippen molar-refractivity contribution in [3.63, 3.8) is 0 Å². The molecule has 0 fully saturated rings. The first-order chi connectivity index (χ1) is 8.06. The van der Waals surface area contributed by atoms with Crippen LogP contribution >= 0.6 is 11.6 Å². The second-order valence-electron chi connectivity index (χ2n) is 2.98. The molecule has 1 aromatic rings. The third kappa shape index (κ3) is 3.90. The summed E-state index contributed by atoms with van der Waals surface area (Å²) in [4.78, 5) is 17.4. The Labute approximate surface area is 105 Å². The fourth-order valence-electron chi connectivity index (χ4n) is 1.08. The fourth-order valence-corrected chi connectivity index (χ4v) is 1.90. The lowest BCUT2D eigenvalue weighted by Gasteiger charge is -2.05. The van der Waals surface area contributed by atoms with Gasteiger partial charge in [-0.1, -0.05) is 18.5 Å². The molecule has 0 radical (unpaired) electrons. The van der Waals surface area contributed by atoms with Crippen molar-refractivity contribution in [2.24, 2.45) is 0 Å². The van der Waals surface area contributed by atoms with Gasteiger partial charge in [0.05, 0.1) is 4.92 Å². The number of nitrogens with one attached hydrogen (secondary N) is 1. The fraction of sp³-hybridized carbons (Fsp3) is 0.500. The molecule has 1 N–H and O–H groups in total. The second-order valence-corrected chi connectivity index (χ2v) is 5.20. The van der Waals surface area contributed by atoms with E-state index in [0.717, 1.165) is 6.33 Å². The molecule has 1 atom stereocenters. The van der Waals surface area contributed by atoms with Gasteiger partial charge in [0.1, 0.15) is 6.33 Å². The Morgan fingerprint density at radius 3 is 2.88 bits per heavy atom. The van der Waals surface area contributed by atoms with Crippen molar-refractivity contribution in [1.82, 2.24) is 9.97 Å². The first-order valence-corrected chi connectivity index (χ1v) is 6.66. The van der Waals surface area contributed by atoms with Crippen LogP contribution in [0.15, 0.2) is 6.33 Å². The highest BCUT2D eigenvalue weighted by molar-refractivity contribution is 7.84. The predicted molar refractivity (Wildman–Crippen MR) is 65.7 cm³/mol. The lowest BCUT2D eigenvalue weighted by molar-refractivity contribution is -0.384. The molecule has 0 spiro atoms. The van der Waals surface area contributed by atoms with Crippen molar-refractivity contribution in [1.29, 1.82) is 0 Å². The largest absolute Gasteiger partial charge is 0.363 e. The van der Waals surface area contributed by atoms with Crippen LogP contribution in [0.4, 0.5) is 11.5 Å². The summed E-state index contributed by atoms with van der Waals surface area (Å²) in [5.41, 5.74) is -0.364. The van der Waals surface area contributed by atoms with Crippen molar-refractivity contribution >= 4 is 33.9 Å². The molecule has 0 bridgehead atoms. The summed E-state index contributed by atoms with van der Waals surface area (Å²) in [6.07, 6.45) is 1.13. The molecule has 0 aromatic carbocycles. The van der Waals surface area contributed by atoms with E-state index in [1.54, 1.807) is 6.92 Å². The van der Waals surface area contributed by atoms with Gasteiger partial charge in [0.15, 0.2) is 0 Å². The van der Waals surface area contributed by atoms with Crippen LogP contribution in [-0.2, 0) is 10.8 Å². The van der Waals surface area contributed by atoms with Gasteiger partial charge in [0.2, 0.25) is 11.0 Å². The number of nitrogens with zero attached hydrogens (tertiary/aromatic N) is 3. The van der Waals surface area contributed by atoms with Gasteiger partial charge in [-0.3, -0.25) is 14.3 Å². The Morgan fingerprint density at radius 2 is 2.29 bits per heavy atom. The maximum Gasteiger partial charge on any atom is 0.348 e. The van der Waals surface area contributed by atoms with Crippen molar-refractivity contribution < 1.29 is 9.13 Å². The maximum atomic E-state index is 11.2. The van der Waals surface area contributed by atoms with Crippen LogP contribution in [0, 0.1) is 10.1 Å². The van der Waals surface area contributed by atoms with Gasteiger partial charge in [-0.25, -0.2) is 9.97 Å². The topological polar surface area (TPSA) is 98.0 Å². The molecule has 94 valence electrons. The van der Waals surface area contributed by atoms with Crippen LogP contribution in [0.3, 0.4) is 0 Å². The molecule has 1 rings (SSSR count). The molecule has 1 aromatic heterocycles. The minimum atomic E-state index is -0.932. The monoisotopic (exact) mass is 278 g/mol. The van der Waals surface area contributed by atoms with Gasteiger partial charge in [0.25, 0.3) is 0 Å². The summed E-state index contributed by atoms with van der Waals surface area (Å²) in [6, 6.07) is 0. The van der Waals surface area contributed by atoms with Gasteiger partial charge in [0, 0.05) is 28.9 Å².